The Hall–Kier alpha value is -0.300. The largest absolute Gasteiger partial charge is 0.367 e. The standard InChI is InChI=1S/C8H12O/c1-2-6-5-7-3-4-8(6)9-7/h3-4,6-8H,2,5H2,1H3. The molecule has 2 heterocycles. The van der Waals surface area contributed by atoms with Gasteiger partial charge in [0.2, 0.25) is 0 Å². The van der Waals surface area contributed by atoms with Crippen LogP contribution in [0.15, 0.2) is 12.2 Å². The van der Waals surface area contributed by atoms with Crippen LogP contribution in [-0.2, 0) is 4.74 Å². The molecule has 2 bridgehead atoms. The van der Waals surface area contributed by atoms with Crippen molar-refractivity contribution in [3.63, 3.8) is 0 Å². The molecular weight excluding hydrogens is 112 g/mol. The van der Waals surface area contributed by atoms with Crippen LogP contribution < -0.4 is 0 Å². The van der Waals surface area contributed by atoms with Gasteiger partial charge in [0.15, 0.2) is 0 Å². The molecule has 9 heavy (non-hydrogen) atoms. The fourth-order valence-electron chi connectivity index (χ4n) is 1.76. The van der Waals surface area contributed by atoms with E-state index in [0.717, 1.165) is 5.92 Å². The Morgan fingerprint density at radius 1 is 1.56 bits per heavy atom. The lowest BCUT2D eigenvalue weighted by atomic mass is 9.92. The summed E-state index contributed by atoms with van der Waals surface area (Å²) in [5.41, 5.74) is 0. The molecule has 0 amide bonds. The van der Waals surface area contributed by atoms with Gasteiger partial charge in [0.25, 0.3) is 0 Å². The van der Waals surface area contributed by atoms with Gasteiger partial charge >= 0.3 is 0 Å². The fourth-order valence-corrected chi connectivity index (χ4v) is 1.76. The average Bonchev–Trinajstić information content (AvgIpc) is 2.45. The third-order valence-electron chi connectivity index (χ3n) is 2.37. The van der Waals surface area contributed by atoms with E-state index >= 15 is 0 Å². The molecule has 0 aromatic heterocycles. The minimum Gasteiger partial charge on any atom is -0.367 e. The summed E-state index contributed by atoms with van der Waals surface area (Å²) in [6, 6.07) is 0. The van der Waals surface area contributed by atoms with Crippen LogP contribution in [0.4, 0.5) is 0 Å². The molecule has 0 saturated carbocycles. The minimum absolute atomic E-state index is 0.472. The first-order valence-electron chi connectivity index (χ1n) is 3.74. The first kappa shape index (κ1) is 5.48. The number of hydrogen-bond donors (Lipinski definition) is 0. The molecule has 0 aliphatic carbocycles. The maximum atomic E-state index is 5.56. The summed E-state index contributed by atoms with van der Waals surface area (Å²) < 4.78 is 5.56. The summed E-state index contributed by atoms with van der Waals surface area (Å²) in [4.78, 5) is 0. The van der Waals surface area contributed by atoms with Crippen LogP contribution in [0.5, 0.6) is 0 Å². The summed E-state index contributed by atoms with van der Waals surface area (Å²) in [5.74, 6) is 0.819. The van der Waals surface area contributed by atoms with Gasteiger partial charge in [-0.05, 0) is 12.3 Å². The summed E-state index contributed by atoms with van der Waals surface area (Å²) in [6.45, 7) is 2.24. The van der Waals surface area contributed by atoms with Crippen molar-refractivity contribution in [3.8, 4) is 0 Å². The summed E-state index contributed by atoms with van der Waals surface area (Å²) in [7, 11) is 0. The van der Waals surface area contributed by atoms with Gasteiger partial charge in [-0.3, -0.25) is 0 Å². The van der Waals surface area contributed by atoms with Gasteiger partial charge in [0.1, 0.15) is 0 Å². The van der Waals surface area contributed by atoms with E-state index in [0.29, 0.717) is 12.2 Å². The van der Waals surface area contributed by atoms with E-state index < -0.39 is 0 Å². The fraction of sp³-hybridized carbons (Fsp3) is 0.750. The van der Waals surface area contributed by atoms with Crippen LogP contribution in [0.2, 0.25) is 0 Å². The van der Waals surface area contributed by atoms with Gasteiger partial charge in [-0.15, -0.1) is 0 Å². The van der Waals surface area contributed by atoms with E-state index in [9.17, 15) is 0 Å². The van der Waals surface area contributed by atoms with Crippen LogP contribution in [0, 0.1) is 5.92 Å². The van der Waals surface area contributed by atoms with Crippen LogP contribution in [0.3, 0.4) is 0 Å². The Morgan fingerprint density at radius 3 is 2.78 bits per heavy atom. The monoisotopic (exact) mass is 124 g/mol. The van der Waals surface area contributed by atoms with Crippen molar-refractivity contribution < 1.29 is 4.74 Å². The van der Waals surface area contributed by atoms with Crippen molar-refractivity contribution in [2.45, 2.75) is 32.0 Å². The molecule has 0 N–H and O–H groups in total. The highest BCUT2D eigenvalue weighted by molar-refractivity contribution is 5.10. The highest BCUT2D eigenvalue weighted by atomic mass is 16.5. The average molecular weight is 124 g/mol. The first-order valence-corrected chi connectivity index (χ1v) is 3.74. The highest BCUT2D eigenvalue weighted by Crippen LogP contribution is 2.35. The molecule has 50 valence electrons. The Morgan fingerprint density at radius 2 is 2.44 bits per heavy atom. The summed E-state index contributed by atoms with van der Waals surface area (Å²) in [5, 5.41) is 0. The molecular formula is C8H12O. The predicted octanol–water partition coefficient (Wildman–Crippen LogP) is 1.74. The third-order valence-corrected chi connectivity index (χ3v) is 2.37. The zero-order valence-corrected chi connectivity index (χ0v) is 5.71. The van der Waals surface area contributed by atoms with E-state index in [1.165, 1.54) is 12.8 Å². The van der Waals surface area contributed by atoms with Gasteiger partial charge in [-0.2, -0.15) is 0 Å². The predicted molar refractivity (Wildman–Crippen MR) is 36.2 cm³/mol. The van der Waals surface area contributed by atoms with E-state index in [1.54, 1.807) is 0 Å². The molecule has 0 spiro atoms. The minimum atomic E-state index is 0.472. The van der Waals surface area contributed by atoms with Gasteiger partial charge in [-0.25, -0.2) is 0 Å². The second kappa shape index (κ2) is 1.84. The molecule has 0 radical (unpaired) electrons. The Balaban J connectivity index is 2.10. The van der Waals surface area contributed by atoms with E-state index in [1.807, 2.05) is 0 Å². The lowest BCUT2D eigenvalue weighted by Crippen LogP contribution is -2.10. The Labute approximate surface area is 55.7 Å². The van der Waals surface area contributed by atoms with Crippen LogP contribution in [0.25, 0.3) is 0 Å². The zero-order valence-electron chi connectivity index (χ0n) is 5.71. The number of rotatable bonds is 1. The van der Waals surface area contributed by atoms with Gasteiger partial charge < -0.3 is 4.74 Å². The van der Waals surface area contributed by atoms with E-state index in [4.69, 9.17) is 4.74 Å². The maximum Gasteiger partial charge on any atom is 0.0793 e. The summed E-state index contributed by atoms with van der Waals surface area (Å²) in [6.07, 6.45) is 7.88. The molecule has 1 saturated heterocycles. The van der Waals surface area contributed by atoms with Crippen molar-refractivity contribution in [1.82, 2.24) is 0 Å². The smallest absolute Gasteiger partial charge is 0.0793 e. The molecule has 1 fully saturated rings. The normalized spacial score (nSPS) is 46.6. The Bertz CT molecular complexity index is 140. The molecule has 0 aromatic rings. The first-order chi connectivity index (χ1) is 4.40. The summed E-state index contributed by atoms with van der Waals surface area (Å²) >= 11 is 0. The lowest BCUT2D eigenvalue weighted by molar-refractivity contribution is 0.108. The van der Waals surface area contributed by atoms with Crippen molar-refractivity contribution in [3.05, 3.63) is 12.2 Å². The molecule has 2 rings (SSSR count). The van der Waals surface area contributed by atoms with E-state index in [2.05, 4.69) is 19.1 Å². The van der Waals surface area contributed by atoms with E-state index in [-0.39, 0.29) is 0 Å². The molecule has 1 nitrogen and oxygen atoms in total. The van der Waals surface area contributed by atoms with Gasteiger partial charge in [-0.1, -0.05) is 25.5 Å². The topological polar surface area (TPSA) is 9.23 Å². The number of fused-ring (bicyclic) bond motifs is 2. The molecule has 2 aliphatic heterocycles. The number of hydrogen-bond acceptors (Lipinski definition) is 1. The molecule has 0 aromatic carbocycles. The number of ether oxygens (including phenoxy) is 1. The second-order valence-electron chi connectivity index (χ2n) is 2.93. The quantitative estimate of drug-likeness (QED) is 0.484. The van der Waals surface area contributed by atoms with Gasteiger partial charge in [0, 0.05) is 0 Å². The van der Waals surface area contributed by atoms with Crippen molar-refractivity contribution in [2.75, 3.05) is 0 Å². The zero-order chi connectivity index (χ0) is 6.27. The molecule has 3 atom stereocenters. The molecule has 2 aliphatic rings. The SMILES string of the molecule is CCC1CC2C=CC1O2. The van der Waals surface area contributed by atoms with Crippen LogP contribution >= 0.6 is 0 Å². The second-order valence-corrected chi connectivity index (χ2v) is 2.93. The Kier molecular flexibility index (Phi) is 1.12. The van der Waals surface area contributed by atoms with Crippen molar-refractivity contribution in [1.29, 1.82) is 0 Å². The lowest BCUT2D eigenvalue weighted by Gasteiger charge is -2.10. The third kappa shape index (κ3) is 0.715. The van der Waals surface area contributed by atoms with Crippen LogP contribution in [0.1, 0.15) is 19.8 Å². The van der Waals surface area contributed by atoms with Crippen molar-refractivity contribution in [2.24, 2.45) is 5.92 Å². The maximum absolute atomic E-state index is 5.56. The van der Waals surface area contributed by atoms with Crippen LogP contribution in [-0.4, -0.2) is 12.2 Å². The van der Waals surface area contributed by atoms with Gasteiger partial charge in [0.05, 0.1) is 12.2 Å². The molecule has 1 heteroatoms. The van der Waals surface area contributed by atoms with Crippen molar-refractivity contribution >= 4 is 0 Å². The highest BCUT2D eigenvalue weighted by Gasteiger charge is 2.34. The molecule has 3 unspecified atom stereocenters.